The summed E-state index contributed by atoms with van der Waals surface area (Å²) in [5.41, 5.74) is 8.12. The number of benzene rings is 2. The van der Waals surface area contributed by atoms with Crippen molar-refractivity contribution in [3.8, 4) is 5.69 Å². The molecule has 0 spiro atoms. The molecular weight excluding hydrogens is 412 g/mol. The summed E-state index contributed by atoms with van der Waals surface area (Å²) >= 11 is 5.89. The number of aromatic nitrogens is 2. The van der Waals surface area contributed by atoms with Crippen molar-refractivity contribution in [1.82, 2.24) is 14.9 Å². The van der Waals surface area contributed by atoms with E-state index in [4.69, 9.17) is 12.2 Å². The average Bonchev–Trinajstić information content (AvgIpc) is 3.40. The van der Waals surface area contributed by atoms with Crippen molar-refractivity contribution in [3.63, 3.8) is 0 Å². The molecule has 5 rings (SSSR count). The van der Waals surface area contributed by atoms with Crippen LogP contribution in [0.3, 0.4) is 0 Å². The Morgan fingerprint density at radius 3 is 2.47 bits per heavy atom. The summed E-state index contributed by atoms with van der Waals surface area (Å²) in [6, 6.07) is 25.3. The summed E-state index contributed by atoms with van der Waals surface area (Å²) in [6.07, 6.45) is 3.97. The van der Waals surface area contributed by atoms with Gasteiger partial charge in [-0.3, -0.25) is 4.98 Å². The van der Waals surface area contributed by atoms with Gasteiger partial charge in [0.2, 0.25) is 0 Å². The first-order valence-corrected chi connectivity index (χ1v) is 11.3. The molecule has 2 atom stereocenters. The zero-order chi connectivity index (χ0) is 22.2. The minimum atomic E-state index is -0.0660. The third-order valence-electron chi connectivity index (χ3n) is 6.23. The fraction of sp³-hybridized carbons (Fsp3) is 0.185. The van der Waals surface area contributed by atoms with Crippen LogP contribution in [0.1, 0.15) is 40.2 Å². The summed E-state index contributed by atoms with van der Waals surface area (Å²) < 4.78 is 2.26. The number of rotatable bonds is 4. The summed E-state index contributed by atoms with van der Waals surface area (Å²) in [6.45, 7) is 6.40. The van der Waals surface area contributed by atoms with Crippen LogP contribution in [0.2, 0.25) is 0 Å². The van der Waals surface area contributed by atoms with Gasteiger partial charge in [-0.15, -0.1) is 0 Å². The van der Waals surface area contributed by atoms with Gasteiger partial charge >= 0.3 is 0 Å². The predicted molar refractivity (Wildman–Crippen MR) is 134 cm³/mol. The second-order valence-corrected chi connectivity index (χ2v) is 8.79. The molecule has 160 valence electrons. The Kier molecular flexibility index (Phi) is 5.27. The number of pyridine rings is 1. The molecule has 2 aromatic heterocycles. The topological polar surface area (TPSA) is 33.1 Å². The van der Waals surface area contributed by atoms with Crippen LogP contribution >= 0.6 is 12.2 Å². The average molecular weight is 439 g/mol. The zero-order valence-electron chi connectivity index (χ0n) is 18.5. The summed E-state index contributed by atoms with van der Waals surface area (Å²) in [5.74, 6) is 0. The first-order valence-electron chi connectivity index (χ1n) is 10.8. The maximum absolute atomic E-state index is 5.89. The van der Waals surface area contributed by atoms with Gasteiger partial charge in [0.05, 0.1) is 11.7 Å². The van der Waals surface area contributed by atoms with Gasteiger partial charge in [0, 0.05) is 29.5 Å². The van der Waals surface area contributed by atoms with Crippen LogP contribution in [0, 0.1) is 20.8 Å². The third kappa shape index (κ3) is 3.59. The third-order valence-corrected chi connectivity index (χ3v) is 6.54. The second-order valence-electron chi connectivity index (χ2n) is 8.41. The van der Waals surface area contributed by atoms with E-state index in [1.165, 1.54) is 16.7 Å². The number of aryl methyl sites for hydroxylation is 3. The second kappa shape index (κ2) is 8.24. The molecule has 32 heavy (non-hydrogen) atoms. The zero-order valence-corrected chi connectivity index (χ0v) is 19.3. The first-order chi connectivity index (χ1) is 15.5. The summed E-state index contributed by atoms with van der Waals surface area (Å²) in [5, 5.41) is 4.28. The van der Waals surface area contributed by atoms with E-state index in [0.717, 1.165) is 22.8 Å². The van der Waals surface area contributed by atoms with E-state index in [1.54, 1.807) is 0 Å². The van der Waals surface area contributed by atoms with Crippen LogP contribution in [0.25, 0.3) is 5.69 Å². The molecule has 0 aliphatic carbocycles. The van der Waals surface area contributed by atoms with Crippen molar-refractivity contribution >= 4 is 23.0 Å². The molecule has 1 aliphatic rings. The Morgan fingerprint density at radius 2 is 1.72 bits per heavy atom. The number of nitrogens with zero attached hydrogens (tertiary/aromatic N) is 3. The highest BCUT2D eigenvalue weighted by atomic mass is 32.1. The Bertz CT molecular complexity index is 1280. The highest BCUT2D eigenvalue weighted by Crippen LogP contribution is 2.42. The standard InChI is InChI=1S/C27H26N4S/c1-18-8-6-9-21(16-18)30-15-7-11-24(30)26-25(23-10-4-5-14-28-23)29-27(32)31(26)22-13-12-19(2)20(3)17-22/h4-17,25-26H,1-3H3,(H,29,32)/t25-,26-/m0/s1. The highest BCUT2D eigenvalue weighted by Gasteiger charge is 2.42. The Balaban J connectivity index is 1.68. The van der Waals surface area contributed by atoms with Gasteiger partial charge in [0.25, 0.3) is 0 Å². The monoisotopic (exact) mass is 438 g/mol. The number of nitrogens with one attached hydrogen (secondary N) is 1. The molecule has 1 N–H and O–H groups in total. The van der Waals surface area contributed by atoms with Crippen LogP contribution in [0.4, 0.5) is 5.69 Å². The van der Waals surface area contributed by atoms with Crippen molar-refractivity contribution in [1.29, 1.82) is 0 Å². The lowest BCUT2D eigenvalue weighted by Gasteiger charge is -2.29. The minimum absolute atomic E-state index is 0.0463. The molecule has 0 unspecified atom stereocenters. The molecule has 1 fully saturated rings. The normalized spacial score (nSPS) is 18.1. The smallest absolute Gasteiger partial charge is 0.174 e. The van der Waals surface area contributed by atoms with Crippen molar-refractivity contribution in [2.24, 2.45) is 0 Å². The number of hydrogen-bond donors (Lipinski definition) is 1. The van der Waals surface area contributed by atoms with Crippen LogP contribution in [0.15, 0.2) is 85.2 Å². The molecule has 5 heteroatoms. The fourth-order valence-corrected chi connectivity index (χ4v) is 4.80. The van der Waals surface area contributed by atoms with Crippen molar-refractivity contribution in [2.75, 3.05) is 4.90 Å². The van der Waals surface area contributed by atoms with Crippen LogP contribution in [-0.2, 0) is 0 Å². The minimum Gasteiger partial charge on any atom is -0.351 e. The number of anilines is 1. The van der Waals surface area contributed by atoms with Crippen LogP contribution in [-0.4, -0.2) is 14.7 Å². The van der Waals surface area contributed by atoms with Crippen LogP contribution < -0.4 is 10.2 Å². The maximum Gasteiger partial charge on any atom is 0.174 e. The van der Waals surface area contributed by atoms with E-state index >= 15 is 0 Å². The van der Waals surface area contributed by atoms with Crippen molar-refractivity contribution in [2.45, 2.75) is 32.9 Å². The van der Waals surface area contributed by atoms with Crippen molar-refractivity contribution < 1.29 is 0 Å². The van der Waals surface area contributed by atoms with E-state index in [2.05, 4.69) is 107 Å². The number of hydrogen-bond acceptors (Lipinski definition) is 2. The fourth-order valence-electron chi connectivity index (χ4n) is 4.46. The Morgan fingerprint density at radius 1 is 0.844 bits per heavy atom. The lowest BCUT2D eigenvalue weighted by atomic mass is 10.00. The van der Waals surface area contributed by atoms with E-state index in [-0.39, 0.29) is 12.1 Å². The molecule has 3 heterocycles. The van der Waals surface area contributed by atoms with Gasteiger partial charge in [-0.05, 0) is 98.2 Å². The molecule has 2 aromatic carbocycles. The summed E-state index contributed by atoms with van der Waals surface area (Å²) in [7, 11) is 0. The molecule has 4 aromatic rings. The molecule has 0 saturated carbocycles. The highest BCUT2D eigenvalue weighted by molar-refractivity contribution is 7.80. The Hall–Kier alpha value is -3.44. The van der Waals surface area contributed by atoms with E-state index < -0.39 is 0 Å². The van der Waals surface area contributed by atoms with Gasteiger partial charge in [0.1, 0.15) is 6.04 Å². The van der Waals surface area contributed by atoms with Crippen molar-refractivity contribution in [3.05, 3.63) is 113 Å². The molecule has 4 nitrogen and oxygen atoms in total. The van der Waals surface area contributed by atoms with E-state index in [1.807, 2.05) is 18.3 Å². The predicted octanol–water partition coefficient (Wildman–Crippen LogP) is 5.97. The molecule has 0 bridgehead atoms. The molecule has 0 amide bonds. The first kappa shape index (κ1) is 20.5. The molecular formula is C27H26N4S. The van der Waals surface area contributed by atoms with Gasteiger partial charge in [-0.25, -0.2) is 0 Å². The lowest BCUT2D eigenvalue weighted by molar-refractivity contribution is 0.549. The SMILES string of the molecule is Cc1cccc(-n2cccc2[C@H]2[C@H](c3ccccn3)NC(=S)N2c2ccc(C)c(C)c2)c1. The largest absolute Gasteiger partial charge is 0.351 e. The van der Waals surface area contributed by atoms with Crippen LogP contribution in [0.5, 0.6) is 0 Å². The lowest BCUT2D eigenvalue weighted by Crippen LogP contribution is -2.30. The molecule has 1 saturated heterocycles. The molecule has 1 aliphatic heterocycles. The van der Waals surface area contributed by atoms with Gasteiger partial charge in [-0.1, -0.05) is 24.3 Å². The van der Waals surface area contributed by atoms with Gasteiger partial charge in [-0.2, -0.15) is 0 Å². The van der Waals surface area contributed by atoms with Gasteiger partial charge in [0.15, 0.2) is 5.11 Å². The van der Waals surface area contributed by atoms with Gasteiger partial charge < -0.3 is 14.8 Å². The quantitative estimate of drug-likeness (QED) is 0.398. The van der Waals surface area contributed by atoms with E-state index in [0.29, 0.717) is 5.11 Å². The number of thiocarbonyl (C=S) groups is 1. The summed E-state index contributed by atoms with van der Waals surface area (Å²) in [4.78, 5) is 6.91. The molecule has 0 radical (unpaired) electrons. The maximum atomic E-state index is 5.89. The van der Waals surface area contributed by atoms with E-state index in [9.17, 15) is 0 Å². The Labute approximate surface area is 194 Å².